The topological polar surface area (TPSA) is 18.5 Å². The van der Waals surface area contributed by atoms with Crippen LogP contribution in [0.2, 0.25) is 0 Å². The second kappa shape index (κ2) is 6.61. The van der Waals surface area contributed by atoms with E-state index in [0.717, 1.165) is 17.6 Å². The van der Waals surface area contributed by atoms with E-state index in [1.165, 1.54) is 24.8 Å². The molecule has 2 nitrogen and oxygen atoms in total. The average Bonchev–Trinajstić information content (AvgIpc) is 2.99. The summed E-state index contributed by atoms with van der Waals surface area (Å²) in [7, 11) is 1.79. The number of rotatable bonds is 5. The van der Waals surface area contributed by atoms with Crippen LogP contribution in [0.15, 0.2) is 24.3 Å². The summed E-state index contributed by atoms with van der Waals surface area (Å²) in [5, 5.41) is 0. The van der Waals surface area contributed by atoms with Crippen molar-refractivity contribution in [3.8, 4) is 5.75 Å². The maximum absolute atomic E-state index is 6.29. The van der Waals surface area contributed by atoms with Crippen molar-refractivity contribution in [2.75, 3.05) is 7.11 Å². The van der Waals surface area contributed by atoms with Gasteiger partial charge < -0.3 is 9.47 Å². The molecule has 0 aromatic heterocycles. The Bertz CT molecular complexity index is 581. The molecule has 0 radical (unpaired) electrons. The maximum Gasteiger partial charge on any atom is 0.202 e. The maximum atomic E-state index is 6.29. The Morgan fingerprint density at radius 1 is 1.08 bits per heavy atom. The van der Waals surface area contributed by atoms with Crippen LogP contribution < -0.4 is 4.74 Å². The van der Waals surface area contributed by atoms with Gasteiger partial charge in [-0.15, -0.1) is 0 Å². The molecule has 2 heteroatoms. The van der Waals surface area contributed by atoms with Crippen molar-refractivity contribution in [1.82, 2.24) is 0 Å². The second-order valence-corrected chi connectivity index (χ2v) is 9.98. The van der Waals surface area contributed by atoms with Gasteiger partial charge in [0.05, 0.1) is 0 Å². The SMILES string of the molecule is COC(Oc1ccc(C(C)C(C)(C)C)cc1)C1CC2CCC1C2(C)C. The molecule has 5 unspecified atom stereocenters. The molecule has 1 aromatic carbocycles. The molecule has 0 saturated heterocycles. The van der Waals surface area contributed by atoms with Crippen LogP contribution in [0.5, 0.6) is 5.75 Å². The van der Waals surface area contributed by atoms with E-state index >= 15 is 0 Å². The molecule has 0 aliphatic heterocycles. The Balaban J connectivity index is 1.69. The third kappa shape index (κ3) is 3.47. The van der Waals surface area contributed by atoms with Gasteiger partial charge in [0.25, 0.3) is 0 Å². The van der Waals surface area contributed by atoms with Gasteiger partial charge in [-0.3, -0.25) is 0 Å². The first kappa shape index (κ1) is 18.8. The van der Waals surface area contributed by atoms with Crippen LogP contribution in [0.1, 0.15) is 72.3 Å². The van der Waals surface area contributed by atoms with Gasteiger partial charge >= 0.3 is 0 Å². The third-order valence-corrected chi connectivity index (χ3v) is 7.42. The summed E-state index contributed by atoms with van der Waals surface area (Å²) in [4.78, 5) is 0. The molecule has 2 aliphatic carbocycles. The lowest BCUT2D eigenvalue weighted by Crippen LogP contribution is -2.34. The molecule has 5 atom stereocenters. The molecule has 0 N–H and O–H groups in total. The minimum atomic E-state index is -0.125. The van der Waals surface area contributed by atoms with Gasteiger partial charge in [-0.2, -0.15) is 0 Å². The quantitative estimate of drug-likeness (QED) is 0.587. The molecule has 0 amide bonds. The molecule has 2 aliphatic rings. The minimum Gasteiger partial charge on any atom is -0.465 e. The normalized spacial score (nSPS) is 30.3. The first-order chi connectivity index (χ1) is 11.6. The van der Waals surface area contributed by atoms with Crippen LogP contribution in [0, 0.1) is 28.6 Å². The Kier molecular flexibility index (Phi) is 4.96. The Labute approximate surface area is 154 Å². The van der Waals surface area contributed by atoms with Gasteiger partial charge in [-0.1, -0.05) is 53.7 Å². The van der Waals surface area contributed by atoms with E-state index in [1.807, 2.05) is 0 Å². The lowest BCUT2D eigenvalue weighted by atomic mass is 9.78. The molecule has 2 saturated carbocycles. The van der Waals surface area contributed by atoms with Crippen LogP contribution in [0.25, 0.3) is 0 Å². The van der Waals surface area contributed by atoms with E-state index in [9.17, 15) is 0 Å². The molecule has 0 spiro atoms. The summed E-state index contributed by atoms with van der Waals surface area (Å²) < 4.78 is 12.1. The van der Waals surface area contributed by atoms with Gasteiger partial charge in [-0.05, 0) is 65.5 Å². The molecular weight excluding hydrogens is 308 g/mol. The first-order valence-electron chi connectivity index (χ1n) is 9.94. The average molecular weight is 345 g/mol. The van der Waals surface area contributed by atoms with E-state index < -0.39 is 0 Å². The lowest BCUT2D eigenvalue weighted by Gasteiger charge is -2.32. The summed E-state index contributed by atoms with van der Waals surface area (Å²) in [6.45, 7) is 14.0. The smallest absolute Gasteiger partial charge is 0.202 e. The highest BCUT2D eigenvalue weighted by Gasteiger charge is 2.55. The zero-order chi connectivity index (χ0) is 18.4. The number of hydrogen-bond donors (Lipinski definition) is 0. The summed E-state index contributed by atoms with van der Waals surface area (Å²) >= 11 is 0. The van der Waals surface area contributed by atoms with Gasteiger partial charge in [0.2, 0.25) is 6.29 Å². The predicted octanol–water partition coefficient (Wildman–Crippen LogP) is 6.26. The molecule has 1 aromatic rings. The first-order valence-corrected chi connectivity index (χ1v) is 9.94. The van der Waals surface area contributed by atoms with Crippen molar-refractivity contribution >= 4 is 0 Å². The number of ether oxygens (including phenoxy) is 2. The molecule has 3 rings (SSSR count). The van der Waals surface area contributed by atoms with Crippen molar-refractivity contribution in [2.24, 2.45) is 28.6 Å². The summed E-state index contributed by atoms with van der Waals surface area (Å²) in [6.07, 6.45) is 3.83. The summed E-state index contributed by atoms with van der Waals surface area (Å²) in [5.41, 5.74) is 2.08. The number of hydrogen-bond acceptors (Lipinski definition) is 2. The highest BCUT2D eigenvalue weighted by Crippen LogP contribution is 2.61. The highest BCUT2D eigenvalue weighted by molar-refractivity contribution is 5.30. The van der Waals surface area contributed by atoms with Crippen LogP contribution in [-0.4, -0.2) is 13.4 Å². The monoisotopic (exact) mass is 344 g/mol. The van der Waals surface area contributed by atoms with Crippen LogP contribution in [0.3, 0.4) is 0 Å². The summed E-state index contributed by atoms with van der Waals surface area (Å²) in [6, 6.07) is 8.65. The Morgan fingerprint density at radius 2 is 1.72 bits per heavy atom. The van der Waals surface area contributed by atoms with Crippen molar-refractivity contribution in [1.29, 1.82) is 0 Å². The van der Waals surface area contributed by atoms with Gasteiger partial charge in [0, 0.05) is 13.0 Å². The molecule has 25 heavy (non-hydrogen) atoms. The van der Waals surface area contributed by atoms with Gasteiger partial charge in [0.1, 0.15) is 5.75 Å². The van der Waals surface area contributed by atoms with Crippen molar-refractivity contribution in [3.05, 3.63) is 29.8 Å². The van der Waals surface area contributed by atoms with E-state index in [-0.39, 0.29) is 11.7 Å². The summed E-state index contributed by atoms with van der Waals surface area (Å²) in [5.74, 6) is 3.52. The Morgan fingerprint density at radius 3 is 2.16 bits per heavy atom. The van der Waals surface area contributed by atoms with E-state index in [2.05, 4.69) is 65.8 Å². The van der Waals surface area contributed by atoms with Crippen LogP contribution in [-0.2, 0) is 4.74 Å². The molecule has 2 bridgehead atoms. The van der Waals surface area contributed by atoms with Crippen molar-refractivity contribution < 1.29 is 9.47 Å². The molecule has 140 valence electrons. The fourth-order valence-corrected chi connectivity index (χ4v) is 5.19. The van der Waals surface area contributed by atoms with Gasteiger partial charge in [-0.25, -0.2) is 0 Å². The van der Waals surface area contributed by atoms with Crippen LogP contribution >= 0.6 is 0 Å². The third-order valence-electron chi connectivity index (χ3n) is 7.42. The predicted molar refractivity (Wildman–Crippen MR) is 104 cm³/mol. The Hall–Kier alpha value is -1.02. The second-order valence-electron chi connectivity index (χ2n) is 9.98. The largest absolute Gasteiger partial charge is 0.465 e. The van der Waals surface area contributed by atoms with E-state index in [0.29, 0.717) is 17.3 Å². The molecule has 2 fully saturated rings. The van der Waals surface area contributed by atoms with Crippen LogP contribution in [0.4, 0.5) is 0 Å². The fourth-order valence-electron chi connectivity index (χ4n) is 5.19. The van der Waals surface area contributed by atoms with E-state index in [4.69, 9.17) is 9.47 Å². The van der Waals surface area contributed by atoms with E-state index in [1.54, 1.807) is 7.11 Å². The van der Waals surface area contributed by atoms with Crippen molar-refractivity contribution in [2.45, 2.75) is 73.0 Å². The van der Waals surface area contributed by atoms with Crippen molar-refractivity contribution in [3.63, 3.8) is 0 Å². The van der Waals surface area contributed by atoms with Gasteiger partial charge in [0.15, 0.2) is 0 Å². The molecule has 0 heterocycles. The minimum absolute atomic E-state index is 0.125. The highest BCUT2D eigenvalue weighted by atomic mass is 16.7. The zero-order valence-corrected chi connectivity index (χ0v) is 17.1. The number of benzene rings is 1. The zero-order valence-electron chi connectivity index (χ0n) is 17.1. The lowest BCUT2D eigenvalue weighted by molar-refractivity contribution is -0.109. The molecular formula is C23H36O2. The standard InChI is InChI=1S/C23H36O2/c1-15(22(2,3)4)16-8-11-18(12-9-16)25-21(24-7)19-14-17-10-13-20(19)23(17,5)6/h8-9,11-12,15,17,19-21H,10,13-14H2,1-7H3. The number of fused-ring (bicyclic) bond motifs is 2. The number of methoxy groups -OCH3 is 1. The fraction of sp³-hybridized carbons (Fsp3) is 0.739.